The maximum Gasteiger partial charge on any atom is 0.332 e. The largest absolute Gasteiger partial charge is 0.465 e. The first kappa shape index (κ1) is 20.5. The fraction of sp³-hybridized carbons (Fsp3) is 0.333. The van der Waals surface area contributed by atoms with Gasteiger partial charge in [0.25, 0.3) is 0 Å². The highest BCUT2D eigenvalue weighted by molar-refractivity contribution is 6.37. The first-order chi connectivity index (χ1) is 13.4. The molecule has 1 aliphatic heterocycles. The van der Waals surface area contributed by atoms with Crippen molar-refractivity contribution in [1.29, 1.82) is 0 Å². The van der Waals surface area contributed by atoms with Gasteiger partial charge in [-0.15, -0.1) is 0 Å². The van der Waals surface area contributed by atoms with Gasteiger partial charge in [0.15, 0.2) is 0 Å². The van der Waals surface area contributed by atoms with Crippen LogP contribution in [0.4, 0.5) is 11.4 Å². The topological polar surface area (TPSA) is 55.8 Å². The van der Waals surface area contributed by atoms with E-state index in [1.54, 1.807) is 32.0 Å². The lowest BCUT2D eigenvalue weighted by Crippen LogP contribution is -2.51. The third-order valence-corrected chi connectivity index (χ3v) is 5.29. The molecule has 2 aromatic rings. The van der Waals surface area contributed by atoms with E-state index in [4.69, 9.17) is 32.7 Å². The molecule has 148 valence electrons. The number of nitrogens with zero attached hydrogens (tertiary/aromatic N) is 1. The molecule has 0 fully saturated rings. The second kappa shape index (κ2) is 8.02. The Balaban J connectivity index is 2.48. The highest BCUT2D eigenvalue weighted by atomic mass is 35.5. The van der Waals surface area contributed by atoms with Gasteiger partial charge in [0.05, 0.1) is 13.2 Å². The van der Waals surface area contributed by atoms with Crippen molar-refractivity contribution in [3.63, 3.8) is 0 Å². The quantitative estimate of drug-likeness (QED) is 0.508. The van der Waals surface area contributed by atoms with Crippen molar-refractivity contribution < 1.29 is 19.1 Å². The number of carbonyl (C=O) groups excluding carboxylic acids is 2. The number of ether oxygens (including phenoxy) is 2. The molecule has 0 radical (unpaired) electrons. The number of fused-ring (bicyclic) bond motifs is 2. The van der Waals surface area contributed by atoms with E-state index in [0.29, 0.717) is 34.1 Å². The number of hydrogen-bond donors (Lipinski definition) is 0. The van der Waals surface area contributed by atoms with E-state index in [1.165, 1.54) is 6.07 Å². The van der Waals surface area contributed by atoms with Crippen LogP contribution in [0.5, 0.6) is 0 Å². The molecule has 0 saturated heterocycles. The Morgan fingerprint density at radius 3 is 2.14 bits per heavy atom. The summed E-state index contributed by atoms with van der Waals surface area (Å²) >= 11 is 12.8. The average molecular weight is 422 g/mol. The molecule has 1 aliphatic rings. The molecule has 0 amide bonds. The Hall–Kier alpha value is -2.24. The third kappa shape index (κ3) is 2.93. The summed E-state index contributed by atoms with van der Waals surface area (Å²) in [5.41, 5.74) is 0.268. The van der Waals surface area contributed by atoms with Crippen LogP contribution in [0.25, 0.3) is 0 Å². The van der Waals surface area contributed by atoms with E-state index in [0.717, 1.165) is 0 Å². The molecule has 0 bridgehead atoms. The monoisotopic (exact) mass is 421 g/mol. The number of halogens is 2. The van der Waals surface area contributed by atoms with Crippen LogP contribution >= 0.6 is 23.2 Å². The Morgan fingerprint density at radius 2 is 1.57 bits per heavy atom. The lowest BCUT2D eigenvalue weighted by molar-refractivity contribution is -0.162. The van der Waals surface area contributed by atoms with E-state index >= 15 is 0 Å². The van der Waals surface area contributed by atoms with Crippen LogP contribution in [0.3, 0.4) is 0 Å². The normalized spacial score (nSPS) is 14.1. The molecule has 0 atom stereocenters. The lowest BCUT2D eigenvalue weighted by atomic mass is 9.70. The summed E-state index contributed by atoms with van der Waals surface area (Å²) in [7, 11) is 0. The molecule has 7 heteroatoms. The van der Waals surface area contributed by atoms with Crippen molar-refractivity contribution in [2.24, 2.45) is 0 Å². The molecule has 0 saturated carbocycles. The fourth-order valence-electron chi connectivity index (χ4n) is 3.76. The van der Waals surface area contributed by atoms with Gasteiger partial charge in [0.1, 0.15) is 0 Å². The molecule has 0 aromatic heterocycles. The first-order valence-corrected chi connectivity index (χ1v) is 9.89. The first-order valence-electron chi connectivity index (χ1n) is 9.14. The Labute approximate surface area is 174 Å². The van der Waals surface area contributed by atoms with Crippen molar-refractivity contribution in [2.75, 3.05) is 24.7 Å². The molecule has 2 aromatic carbocycles. The number of esters is 2. The van der Waals surface area contributed by atoms with Gasteiger partial charge in [-0.1, -0.05) is 41.4 Å². The van der Waals surface area contributed by atoms with Gasteiger partial charge in [0, 0.05) is 39.1 Å². The van der Waals surface area contributed by atoms with E-state index in [2.05, 4.69) is 0 Å². The van der Waals surface area contributed by atoms with Crippen molar-refractivity contribution in [3.8, 4) is 0 Å². The van der Waals surface area contributed by atoms with Crippen molar-refractivity contribution in [1.82, 2.24) is 0 Å². The Kier molecular flexibility index (Phi) is 5.87. The van der Waals surface area contributed by atoms with Crippen LogP contribution in [-0.2, 0) is 24.5 Å². The van der Waals surface area contributed by atoms with Crippen LogP contribution in [-0.4, -0.2) is 31.7 Å². The van der Waals surface area contributed by atoms with E-state index in [9.17, 15) is 9.59 Å². The zero-order valence-corrected chi connectivity index (χ0v) is 17.4. The van der Waals surface area contributed by atoms with Crippen LogP contribution in [0, 0.1) is 0 Å². The zero-order valence-electron chi connectivity index (χ0n) is 15.9. The van der Waals surface area contributed by atoms with Crippen LogP contribution in [0.15, 0.2) is 36.4 Å². The zero-order chi connectivity index (χ0) is 20.5. The van der Waals surface area contributed by atoms with Crippen LogP contribution < -0.4 is 4.90 Å². The number of carbonyl (C=O) groups is 2. The summed E-state index contributed by atoms with van der Waals surface area (Å²) < 4.78 is 10.7. The van der Waals surface area contributed by atoms with Gasteiger partial charge < -0.3 is 14.4 Å². The van der Waals surface area contributed by atoms with Gasteiger partial charge in [-0.05, 0) is 39.0 Å². The molecule has 0 aliphatic carbocycles. The van der Waals surface area contributed by atoms with Crippen molar-refractivity contribution in [3.05, 3.63) is 57.6 Å². The number of anilines is 2. The lowest BCUT2D eigenvalue weighted by Gasteiger charge is -2.42. The number of para-hydroxylation sites is 1. The Bertz CT molecular complexity index is 911. The molecule has 28 heavy (non-hydrogen) atoms. The minimum absolute atomic E-state index is 0.111. The molecule has 0 N–H and O–H groups in total. The highest BCUT2D eigenvalue weighted by Gasteiger charge is 2.58. The van der Waals surface area contributed by atoms with E-state index in [-0.39, 0.29) is 18.2 Å². The predicted octanol–water partition coefficient (Wildman–Crippen LogP) is 4.88. The number of benzene rings is 2. The molecule has 1 heterocycles. The van der Waals surface area contributed by atoms with Crippen molar-refractivity contribution >= 4 is 46.5 Å². The molecule has 0 unspecified atom stereocenters. The van der Waals surface area contributed by atoms with Gasteiger partial charge in [-0.3, -0.25) is 9.59 Å². The molecular weight excluding hydrogens is 401 g/mol. The summed E-state index contributed by atoms with van der Waals surface area (Å²) in [4.78, 5) is 28.7. The minimum atomic E-state index is -1.83. The predicted molar refractivity (Wildman–Crippen MR) is 110 cm³/mol. The van der Waals surface area contributed by atoms with Gasteiger partial charge in [-0.2, -0.15) is 0 Å². The molecular formula is C21H21Cl2NO4. The minimum Gasteiger partial charge on any atom is -0.465 e. The molecule has 3 rings (SSSR count). The maximum absolute atomic E-state index is 13.4. The second-order valence-electron chi connectivity index (χ2n) is 6.23. The van der Waals surface area contributed by atoms with E-state index in [1.807, 2.05) is 24.0 Å². The van der Waals surface area contributed by atoms with Gasteiger partial charge >= 0.3 is 11.9 Å². The summed E-state index contributed by atoms with van der Waals surface area (Å²) in [6.45, 7) is 6.16. The van der Waals surface area contributed by atoms with Crippen molar-refractivity contribution in [2.45, 2.75) is 26.2 Å². The third-order valence-electron chi connectivity index (χ3n) is 4.78. The van der Waals surface area contributed by atoms with Gasteiger partial charge in [0.2, 0.25) is 5.41 Å². The average Bonchev–Trinajstić information content (AvgIpc) is 2.66. The summed E-state index contributed by atoms with van der Waals surface area (Å²) in [5.74, 6) is -1.44. The summed E-state index contributed by atoms with van der Waals surface area (Å²) in [6.07, 6.45) is 0. The second-order valence-corrected chi connectivity index (χ2v) is 7.08. The fourth-order valence-corrected chi connectivity index (χ4v) is 4.39. The molecule has 5 nitrogen and oxygen atoms in total. The van der Waals surface area contributed by atoms with Crippen LogP contribution in [0.1, 0.15) is 31.9 Å². The SMILES string of the molecule is CCOC(=O)C1(C(=O)OCC)c2ccccc2N(CC)c2cc(Cl)cc(Cl)c21. The maximum atomic E-state index is 13.4. The smallest absolute Gasteiger partial charge is 0.332 e. The Morgan fingerprint density at radius 1 is 0.964 bits per heavy atom. The number of rotatable bonds is 5. The van der Waals surface area contributed by atoms with Crippen LogP contribution in [0.2, 0.25) is 10.0 Å². The number of hydrogen-bond acceptors (Lipinski definition) is 5. The highest BCUT2D eigenvalue weighted by Crippen LogP contribution is 2.53. The summed E-state index contributed by atoms with van der Waals surface area (Å²) in [6, 6.07) is 10.4. The summed E-state index contributed by atoms with van der Waals surface area (Å²) in [5, 5.41) is 0.611. The molecule has 0 spiro atoms. The standard InChI is InChI=1S/C21H21Cl2NO4/c1-4-24-16-10-8-7-9-14(16)21(19(25)27-5-2,20(26)28-6-3)18-15(23)11-13(22)12-17(18)24/h7-12H,4-6H2,1-3H3. The van der Waals surface area contributed by atoms with E-state index < -0.39 is 17.4 Å². The van der Waals surface area contributed by atoms with Gasteiger partial charge in [-0.25, -0.2) is 0 Å².